The van der Waals surface area contributed by atoms with E-state index in [4.69, 9.17) is 0 Å². The Morgan fingerprint density at radius 2 is 1.89 bits per heavy atom. The maximum Gasteiger partial charge on any atom is 0.0178 e. The van der Waals surface area contributed by atoms with Crippen molar-refractivity contribution in [1.82, 2.24) is 9.80 Å². The predicted octanol–water partition coefficient (Wildman–Crippen LogP) is 2.94. The number of nitrogens with zero attached hydrogens (tertiary/aromatic N) is 2. The van der Waals surface area contributed by atoms with Crippen LogP contribution in [0.4, 0.5) is 0 Å². The van der Waals surface area contributed by atoms with Gasteiger partial charge in [0, 0.05) is 30.7 Å². The van der Waals surface area contributed by atoms with Gasteiger partial charge in [-0.15, -0.1) is 0 Å². The Labute approximate surface area is 119 Å². The van der Waals surface area contributed by atoms with Crippen LogP contribution in [0.3, 0.4) is 0 Å². The second-order valence-electron chi connectivity index (χ2n) is 5.32. The maximum atomic E-state index is 3.52. The molecular weight excluding hydrogens is 288 g/mol. The van der Waals surface area contributed by atoms with Crippen molar-refractivity contribution in [1.29, 1.82) is 0 Å². The molecule has 3 heteroatoms. The highest BCUT2D eigenvalue weighted by atomic mass is 79.9. The molecule has 1 heterocycles. The summed E-state index contributed by atoms with van der Waals surface area (Å²) in [6.45, 7) is 8.35. The van der Waals surface area contributed by atoms with Gasteiger partial charge in [0.25, 0.3) is 0 Å². The van der Waals surface area contributed by atoms with Gasteiger partial charge in [-0.2, -0.15) is 0 Å². The van der Waals surface area contributed by atoms with Crippen molar-refractivity contribution in [3.63, 3.8) is 0 Å². The lowest BCUT2D eigenvalue weighted by molar-refractivity contribution is 0.153. The minimum atomic E-state index is 1.18. The van der Waals surface area contributed by atoms with Crippen LogP contribution in [0.2, 0.25) is 0 Å². The Bertz CT molecular complexity index is 384. The molecule has 1 aromatic carbocycles. The summed E-state index contributed by atoms with van der Waals surface area (Å²) in [5.41, 5.74) is 2.90. The average Bonchev–Trinajstić information content (AvgIpc) is 2.34. The Morgan fingerprint density at radius 1 is 1.17 bits per heavy atom. The highest BCUT2D eigenvalue weighted by Crippen LogP contribution is 2.17. The zero-order valence-electron chi connectivity index (χ0n) is 11.5. The van der Waals surface area contributed by atoms with E-state index in [9.17, 15) is 0 Å². The quantitative estimate of drug-likeness (QED) is 0.843. The fraction of sp³-hybridized carbons (Fsp3) is 0.600. The van der Waals surface area contributed by atoms with Crippen molar-refractivity contribution in [2.24, 2.45) is 0 Å². The number of piperazine rings is 1. The summed E-state index contributed by atoms with van der Waals surface area (Å²) in [7, 11) is 2.21. The van der Waals surface area contributed by atoms with Crippen LogP contribution < -0.4 is 0 Å². The summed E-state index contributed by atoms with van der Waals surface area (Å²) in [5, 5.41) is 0. The van der Waals surface area contributed by atoms with Gasteiger partial charge >= 0.3 is 0 Å². The monoisotopic (exact) mass is 310 g/mol. The number of benzene rings is 1. The molecule has 1 saturated heterocycles. The summed E-state index contributed by atoms with van der Waals surface area (Å²) in [6, 6.07) is 6.62. The fourth-order valence-corrected chi connectivity index (χ4v) is 2.98. The topological polar surface area (TPSA) is 6.48 Å². The highest BCUT2D eigenvalue weighted by molar-refractivity contribution is 9.10. The van der Waals surface area contributed by atoms with Crippen LogP contribution in [0.25, 0.3) is 0 Å². The summed E-state index contributed by atoms with van der Waals surface area (Å²) < 4.78 is 1.18. The van der Waals surface area contributed by atoms with Crippen molar-refractivity contribution in [2.75, 3.05) is 39.8 Å². The van der Waals surface area contributed by atoms with Gasteiger partial charge in [0.15, 0.2) is 0 Å². The summed E-state index contributed by atoms with van der Waals surface area (Å²) in [4.78, 5) is 5.00. The molecule has 0 N–H and O–H groups in total. The number of rotatable bonds is 4. The highest BCUT2D eigenvalue weighted by Gasteiger charge is 2.12. The van der Waals surface area contributed by atoms with Gasteiger partial charge in [-0.1, -0.05) is 22.0 Å². The van der Waals surface area contributed by atoms with Gasteiger partial charge in [0.2, 0.25) is 0 Å². The van der Waals surface area contributed by atoms with Crippen molar-refractivity contribution in [2.45, 2.75) is 19.8 Å². The molecule has 0 radical (unpaired) electrons. The molecule has 0 atom stereocenters. The Hall–Kier alpha value is -0.380. The van der Waals surface area contributed by atoms with Gasteiger partial charge in [0.1, 0.15) is 0 Å². The first-order valence-corrected chi connectivity index (χ1v) is 7.60. The minimum Gasteiger partial charge on any atom is -0.304 e. The molecule has 0 aromatic heterocycles. The van der Waals surface area contributed by atoms with Crippen LogP contribution in [-0.2, 0) is 6.42 Å². The minimum absolute atomic E-state index is 1.18. The smallest absolute Gasteiger partial charge is 0.0178 e. The third kappa shape index (κ3) is 4.08. The molecule has 1 aliphatic heterocycles. The van der Waals surface area contributed by atoms with Gasteiger partial charge in [0.05, 0.1) is 0 Å². The van der Waals surface area contributed by atoms with Gasteiger partial charge in [-0.05, 0) is 56.6 Å². The second-order valence-corrected chi connectivity index (χ2v) is 6.23. The first-order valence-electron chi connectivity index (χ1n) is 6.81. The third-order valence-electron chi connectivity index (χ3n) is 3.82. The molecular formula is C15H23BrN2. The van der Waals surface area contributed by atoms with Crippen LogP contribution in [0.15, 0.2) is 22.7 Å². The average molecular weight is 311 g/mol. The zero-order chi connectivity index (χ0) is 13.0. The number of hydrogen-bond acceptors (Lipinski definition) is 2. The van der Waals surface area contributed by atoms with Crippen molar-refractivity contribution in [3.8, 4) is 0 Å². The van der Waals surface area contributed by atoms with Crippen molar-refractivity contribution < 1.29 is 0 Å². The molecule has 0 aliphatic carbocycles. The number of likely N-dealkylation sites (N-methyl/N-ethyl adjacent to an activating group) is 1. The molecule has 18 heavy (non-hydrogen) atoms. The Kier molecular flexibility index (Phi) is 5.22. The van der Waals surface area contributed by atoms with Crippen LogP contribution in [0, 0.1) is 6.92 Å². The largest absolute Gasteiger partial charge is 0.304 e. The van der Waals surface area contributed by atoms with Crippen molar-refractivity contribution in [3.05, 3.63) is 33.8 Å². The second kappa shape index (κ2) is 6.69. The molecule has 1 fully saturated rings. The third-order valence-corrected chi connectivity index (χ3v) is 4.31. The fourth-order valence-electron chi connectivity index (χ4n) is 2.50. The Balaban J connectivity index is 1.75. The Morgan fingerprint density at radius 3 is 2.56 bits per heavy atom. The van der Waals surface area contributed by atoms with E-state index in [1.807, 2.05) is 0 Å². The van der Waals surface area contributed by atoms with Crippen LogP contribution in [0.1, 0.15) is 17.5 Å². The zero-order valence-corrected chi connectivity index (χ0v) is 13.0. The van der Waals surface area contributed by atoms with Gasteiger partial charge in [-0.25, -0.2) is 0 Å². The molecule has 2 nitrogen and oxygen atoms in total. The lowest BCUT2D eigenvalue weighted by Crippen LogP contribution is -2.44. The van der Waals surface area contributed by atoms with E-state index in [-0.39, 0.29) is 0 Å². The van der Waals surface area contributed by atoms with E-state index in [1.165, 1.54) is 61.2 Å². The molecule has 0 unspecified atom stereocenters. The summed E-state index contributed by atoms with van der Waals surface area (Å²) >= 11 is 3.52. The molecule has 0 spiro atoms. The van der Waals surface area contributed by atoms with E-state index >= 15 is 0 Å². The summed E-state index contributed by atoms with van der Waals surface area (Å²) in [5.74, 6) is 0. The first-order chi connectivity index (χ1) is 8.65. The molecule has 1 aromatic rings. The van der Waals surface area contributed by atoms with E-state index in [1.54, 1.807) is 0 Å². The molecule has 0 amide bonds. The SMILES string of the molecule is Cc1cc(Br)ccc1CCCN1CCN(C)CC1. The van der Waals surface area contributed by atoms with E-state index < -0.39 is 0 Å². The van der Waals surface area contributed by atoms with Crippen molar-refractivity contribution >= 4 is 15.9 Å². The van der Waals surface area contributed by atoms with Crippen LogP contribution >= 0.6 is 15.9 Å². The molecule has 100 valence electrons. The van der Waals surface area contributed by atoms with E-state index in [0.29, 0.717) is 0 Å². The number of aryl methyl sites for hydroxylation is 2. The maximum absolute atomic E-state index is 3.52. The summed E-state index contributed by atoms with van der Waals surface area (Å²) in [6.07, 6.45) is 2.47. The molecule has 0 saturated carbocycles. The van der Waals surface area contributed by atoms with E-state index in [2.05, 4.69) is 57.9 Å². The lowest BCUT2D eigenvalue weighted by atomic mass is 10.0. The number of hydrogen-bond donors (Lipinski definition) is 0. The molecule has 2 rings (SSSR count). The van der Waals surface area contributed by atoms with E-state index in [0.717, 1.165) is 0 Å². The molecule has 0 bridgehead atoms. The predicted molar refractivity (Wildman–Crippen MR) is 81.1 cm³/mol. The van der Waals surface area contributed by atoms with Gasteiger partial charge < -0.3 is 9.80 Å². The van der Waals surface area contributed by atoms with Crippen LogP contribution in [-0.4, -0.2) is 49.6 Å². The number of halogens is 1. The first kappa shape index (κ1) is 14.0. The standard InChI is InChI=1S/C15H23BrN2/c1-13-12-15(16)6-5-14(13)4-3-7-18-10-8-17(2)9-11-18/h5-6,12H,3-4,7-11H2,1-2H3. The normalized spacial score (nSPS) is 18.2. The van der Waals surface area contributed by atoms with Gasteiger partial charge in [-0.3, -0.25) is 0 Å². The van der Waals surface area contributed by atoms with Crippen LogP contribution in [0.5, 0.6) is 0 Å². The lowest BCUT2D eigenvalue weighted by Gasteiger charge is -2.32. The molecule has 1 aliphatic rings.